The average Bonchev–Trinajstić information content (AvgIpc) is 2.66. The first-order valence-electron chi connectivity index (χ1n) is 7.71. The molecule has 0 bridgehead atoms. The monoisotopic (exact) mass is 498 g/mol. The zero-order valence-corrected chi connectivity index (χ0v) is 16.6. The van der Waals surface area contributed by atoms with Gasteiger partial charge in [0.05, 0.1) is 19.1 Å². The van der Waals surface area contributed by atoms with Crippen molar-refractivity contribution < 1.29 is 19.2 Å². The number of para-hydroxylation sites is 1. The summed E-state index contributed by atoms with van der Waals surface area (Å²) in [7, 11) is 0. The smallest absolute Gasteiger partial charge is 0.344 e. The Morgan fingerprint density at radius 2 is 2.04 bits per heavy atom. The van der Waals surface area contributed by atoms with E-state index in [-0.39, 0.29) is 18.9 Å². The maximum atomic E-state index is 12.0. The van der Waals surface area contributed by atoms with Gasteiger partial charge in [-0.05, 0) is 46.9 Å². The summed E-state index contributed by atoms with van der Waals surface area (Å²) in [6.07, 6.45) is 1.61. The lowest BCUT2D eigenvalue weighted by molar-refractivity contribution is -0.385. The fraction of sp³-hybridized carbons (Fsp3) is 0.111. The fourth-order valence-corrected chi connectivity index (χ4v) is 3.59. The molecule has 3 rings (SSSR count). The predicted molar refractivity (Wildman–Crippen MR) is 108 cm³/mol. The Balaban J connectivity index is 1.69. The van der Waals surface area contributed by atoms with Crippen molar-refractivity contribution in [3.8, 4) is 5.75 Å². The van der Waals surface area contributed by atoms with Gasteiger partial charge in [0.25, 0.3) is 5.69 Å². The molecule has 0 N–H and O–H groups in total. The number of rotatable bonds is 6. The summed E-state index contributed by atoms with van der Waals surface area (Å²) in [6.45, 7) is -0.569. The summed E-state index contributed by atoms with van der Waals surface area (Å²) in [6, 6.07) is 11.4. The van der Waals surface area contributed by atoms with Crippen molar-refractivity contribution in [1.82, 2.24) is 4.98 Å². The first-order valence-corrected chi connectivity index (χ1v) is 9.16. The van der Waals surface area contributed by atoms with Crippen molar-refractivity contribution in [2.75, 3.05) is 6.61 Å². The quantitative estimate of drug-likeness (QED) is 0.215. The highest BCUT2D eigenvalue weighted by atomic mass is 127. The molecular weight excluding hydrogens is 487 g/mol. The van der Waals surface area contributed by atoms with Gasteiger partial charge in [0.2, 0.25) is 0 Å². The molecule has 0 atom stereocenters. The molecule has 0 saturated carbocycles. The van der Waals surface area contributed by atoms with E-state index in [4.69, 9.17) is 21.1 Å². The molecule has 0 unspecified atom stereocenters. The van der Waals surface area contributed by atoms with Gasteiger partial charge >= 0.3 is 5.97 Å². The number of esters is 1. The first kappa shape index (κ1) is 19.3. The average molecular weight is 499 g/mol. The number of nitro benzene ring substituents is 1. The molecule has 0 aliphatic carbocycles. The molecule has 1 heterocycles. The number of fused-ring (bicyclic) bond motifs is 1. The number of nitrogens with zero attached hydrogens (tertiary/aromatic N) is 2. The number of aromatic nitrogens is 1. The van der Waals surface area contributed by atoms with Crippen LogP contribution in [0, 0.1) is 13.7 Å². The second kappa shape index (κ2) is 8.49. The Morgan fingerprint density at radius 1 is 1.26 bits per heavy atom. The van der Waals surface area contributed by atoms with Crippen LogP contribution >= 0.6 is 34.2 Å². The Morgan fingerprint density at radius 3 is 2.81 bits per heavy atom. The van der Waals surface area contributed by atoms with Crippen molar-refractivity contribution in [3.63, 3.8) is 0 Å². The van der Waals surface area contributed by atoms with Gasteiger partial charge in [0, 0.05) is 17.6 Å². The number of nitro groups is 1. The Bertz CT molecular complexity index is 1030. The highest BCUT2D eigenvalue weighted by molar-refractivity contribution is 14.1. The summed E-state index contributed by atoms with van der Waals surface area (Å²) in [5, 5.41) is 12.2. The van der Waals surface area contributed by atoms with Crippen molar-refractivity contribution in [1.29, 1.82) is 0 Å². The number of carbonyl (C=O) groups excluding carboxylic acids is 1. The molecule has 138 valence electrons. The molecule has 3 aromatic rings. The molecule has 0 aliphatic heterocycles. The standard InChI is InChI=1S/C18H12ClIN2O5/c19-13-8-14(20)18(17-12(13)5-3-7-21-17)27-10-16(23)26-9-11-4-1-2-6-15(11)22(24)25/h1-8H,9-10H2. The zero-order valence-electron chi connectivity index (χ0n) is 13.7. The van der Waals surface area contributed by atoms with Crippen molar-refractivity contribution in [2.24, 2.45) is 0 Å². The van der Waals surface area contributed by atoms with Gasteiger partial charge in [-0.25, -0.2) is 4.79 Å². The van der Waals surface area contributed by atoms with E-state index in [0.717, 1.165) is 0 Å². The maximum absolute atomic E-state index is 12.0. The SMILES string of the molecule is O=C(COc1c(I)cc(Cl)c2cccnc12)OCc1ccccc1[N+](=O)[O-]. The Labute approximate surface area is 172 Å². The molecule has 0 fully saturated rings. The number of hydrogen-bond acceptors (Lipinski definition) is 6. The van der Waals surface area contributed by atoms with Crippen LogP contribution in [0.3, 0.4) is 0 Å². The van der Waals surface area contributed by atoms with E-state index in [2.05, 4.69) is 4.98 Å². The molecule has 0 radical (unpaired) electrons. The van der Waals surface area contributed by atoms with Crippen LogP contribution < -0.4 is 4.74 Å². The van der Waals surface area contributed by atoms with Gasteiger partial charge in [0.1, 0.15) is 12.1 Å². The van der Waals surface area contributed by atoms with Gasteiger partial charge in [-0.15, -0.1) is 0 Å². The van der Waals surface area contributed by atoms with E-state index in [1.165, 1.54) is 12.1 Å². The molecule has 0 saturated heterocycles. The summed E-state index contributed by atoms with van der Waals surface area (Å²) >= 11 is 8.25. The van der Waals surface area contributed by atoms with E-state index >= 15 is 0 Å². The van der Waals surface area contributed by atoms with Gasteiger partial charge in [0.15, 0.2) is 12.4 Å². The molecule has 0 aliphatic rings. The fourth-order valence-electron chi connectivity index (χ4n) is 2.43. The zero-order chi connectivity index (χ0) is 19.4. The van der Waals surface area contributed by atoms with Gasteiger partial charge in [-0.2, -0.15) is 0 Å². The molecular formula is C18H12ClIN2O5. The minimum Gasteiger partial charge on any atom is -0.478 e. The third kappa shape index (κ3) is 4.45. The largest absolute Gasteiger partial charge is 0.478 e. The molecule has 9 heteroatoms. The molecule has 2 aromatic carbocycles. The van der Waals surface area contributed by atoms with E-state index in [9.17, 15) is 14.9 Å². The van der Waals surface area contributed by atoms with Crippen LogP contribution in [0.4, 0.5) is 5.69 Å². The molecule has 0 amide bonds. The van der Waals surface area contributed by atoms with Crippen LogP contribution in [-0.4, -0.2) is 22.5 Å². The summed E-state index contributed by atoms with van der Waals surface area (Å²) in [5.41, 5.74) is 0.749. The summed E-state index contributed by atoms with van der Waals surface area (Å²) < 4.78 is 11.4. The van der Waals surface area contributed by atoms with Crippen LogP contribution in [0.25, 0.3) is 10.9 Å². The maximum Gasteiger partial charge on any atom is 0.344 e. The highest BCUT2D eigenvalue weighted by Crippen LogP contribution is 2.34. The van der Waals surface area contributed by atoms with E-state index in [0.29, 0.717) is 30.8 Å². The third-order valence-electron chi connectivity index (χ3n) is 3.66. The van der Waals surface area contributed by atoms with E-state index in [1.54, 1.807) is 36.5 Å². The Hall–Kier alpha value is -2.46. The number of ether oxygens (including phenoxy) is 2. The lowest BCUT2D eigenvalue weighted by Crippen LogP contribution is -2.16. The number of halogens is 2. The van der Waals surface area contributed by atoms with Crippen molar-refractivity contribution in [3.05, 3.63) is 72.9 Å². The molecule has 0 spiro atoms. The van der Waals surface area contributed by atoms with E-state index < -0.39 is 10.9 Å². The molecule has 27 heavy (non-hydrogen) atoms. The molecule has 1 aromatic heterocycles. The number of benzene rings is 2. The third-order valence-corrected chi connectivity index (χ3v) is 4.78. The Kier molecular flexibility index (Phi) is 6.07. The summed E-state index contributed by atoms with van der Waals surface area (Å²) in [5.74, 6) is -0.221. The van der Waals surface area contributed by atoms with Crippen LogP contribution in [0.5, 0.6) is 5.75 Å². The van der Waals surface area contributed by atoms with E-state index in [1.807, 2.05) is 22.6 Å². The van der Waals surface area contributed by atoms with Gasteiger partial charge < -0.3 is 9.47 Å². The normalized spacial score (nSPS) is 10.6. The molecule has 7 nitrogen and oxygen atoms in total. The van der Waals surface area contributed by atoms with Crippen LogP contribution in [0.1, 0.15) is 5.56 Å². The van der Waals surface area contributed by atoms with Crippen LogP contribution in [-0.2, 0) is 16.1 Å². The summed E-state index contributed by atoms with van der Waals surface area (Å²) in [4.78, 5) is 26.8. The minimum absolute atomic E-state index is 0.103. The number of carbonyl (C=O) groups is 1. The predicted octanol–water partition coefficient (Wildman–Crippen LogP) is 4.52. The lowest BCUT2D eigenvalue weighted by Gasteiger charge is -2.12. The van der Waals surface area contributed by atoms with Gasteiger partial charge in [-0.3, -0.25) is 15.1 Å². The highest BCUT2D eigenvalue weighted by Gasteiger charge is 2.16. The number of pyridine rings is 1. The first-order chi connectivity index (χ1) is 13.0. The lowest BCUT2D eigenvalue weighted by atomic mass is 10.2. The number of hydrogen-bond donors (Lipinski definition) is 0. The topological polar surface area (TPSA) is 91.6 Å². The minimum atomic E-state index is -0.650. The van der Waals surface area contributed by atoms with Crippen LogP contribution in [0.15, 0.2) is 48.7 Å². The van der Waals surface area contributed by atoms with Crippen molar-refractivity contribution in [2.45, 2.75) is 6.61 Å². The van der Waals surface area contributed by atoms with Crippen LogP contribution in [0.2, 0.25) is 5.02 Å². The van der Waals surface area contributed by atoms with Gasteiger partial charge in [-0.1, -0.05) is 23.7 Å². The van der Waals surface area contributed by atoms with Crippen molar-refractivity contribution >= 4 is 56.8 Å². The second-order valence-electron chi connectivity index (χ2n) is 5.40. The second-order valence-corrected chi connectivity index (χ2v) is 6.97.